The molecule has 0 saturated heterocycles. The van der Waals surface area contributed by atoms with Gasteiger partial charge in [0, 0.05) is 22.5 Å². The summed E-state index contributed by atoms with van der Waals surface area (Å²) in [5, 5.41) is 0. The molecule has 1 aromatic carbocycles. The Kier molecular flexibility index (Phi) is 3.30. The Morgan fingerprint density at radius 2 is 1.80 bits per heavy atom. The quantitative estimate of drug-likeness (QED) is 0.734. The molecule has 1 aliphatic rings. The van der Waals surface area contributed by atoms with E-state index in [2.05, 4.69) is 0 Å². The molecule has 5 heteroatoms. The summed E-state index contributed by atoms with van der Waals surface area (Å²) < 4.78 is 16.0. The molecule has 15 heavy (non-hydrogen) atoms. The minimum Gasteiger partial charge on any atom is -0.422 e. The van der Waals surface area contributed by atoms with Crippen LogP contribution in [0.5, 0.6) is 5.75 Å². The maximum Gasteiger partial charge on any atom is 0.428 e. The summed E-state index contributed by atoms with van der Waals surface area (Å²) in [4.78, 5) is 0. The number of benzene rings is 1. The summed E-state index contributed by atoms with van der Waals surface area (Å²) in [6, 6.07) is 5.64. The number of fused-ring (bicyclic) bond motifs is 1. The molecule has 0 spiro atoms. The van der Waals surface area contributed by atoms with Crippen LogP contribution in [0.15, 0.2) is 18.2 Å². The van der Waals surface area contributed by atoms with E-state index in [9.17, 15) is 4.57 Å². The first-order chi connectivity index (χ1) is 7.04. The lowest BCUT2D eigenvalue weighted by atomic mass is 9.92. The van der Waals surface area contributed by atoms with Crippen LogP contribution in [0.2, 0.25) is 0 Å². The van der Waals surface area contributed by atoms with E-state index in [1.54, 1.807) is 6.07 Å². The number of halogens is 2. The first kappa shape index (κ1) is 11.3. The van der Waals surface area contributed by atoms with Gasteiger partial charge >= 0.3 is 6.07 Å². The third-order valence-corrected chi connectivity index (χ3v) is 3.37. The van der Waals surface area contributed by atoms with Crippen LogP contribution in [-0.4, -0.2) is 0 Å². The number of rotatable bonds is 2. The van der Waals surface area contributed by atoms with Crippen LogP contribution in [0.25, 0.3) is 0 Å². The van der Waals surface area contributed by atoms with Crippen molar-refractivity contribution in [1.29, 1.82) is 0 Å². The molecule has 0 amide bonds. The molecule has 0 heterocycles. The number of aryl methyl sites for hydroxylation is 2. The van der Waals surface area contributed by atoms with Crippen molar-refractivity contribution >= 4 is 28.6 Å². The van der Waals surface area contributed by atoms with E-state index in [-0.39, 0.29) is 0 Å². The molecule has 0 saturated carbocycles. The van der Waals surface area contributed by atoms with Crippen LogP contribution < -0.4 is 4.52 Å². The molecule has 0 radical (unpaired) electrons. The van der Waals surface area contributed by atoms with Gasteiger partial charge in [-0.2, -0.15) is 0 Å². The van der Waals surface area contributed by atoms with E-state index >= 15 is 0 Å². The molecule has 0 atom stereocenters. The van der Waals surface area contributed by atoms with Crippen molar-refractivity contribution in [2.45, 2.75) is 25.7 Å². The van der Waals surface area contributed by atoms with Gasteiger partial charge in [0.1, 0.15) is 5.75 Å². The molecule has 0 aromatic heterocycles. The molecular formula is C10H11Cl2O2P. The minimum absolute atomic E-state index is 0.490. The fourth-order valence-corrected chi connectivity index (χ4v) is 2.73. The molecule has 0 fully saturated rings. The average molecular weight is 265 g/mol. The second kappa shape index (κ2) is 4.37. The summed E-state index contributed by atoms with van der Waals surface area (Å²) in [5.41, 5.74) is 2.59. The molecular weight excluding hydrogens is 254 g/mol. The van der Waals surface area contributed by atoms with Crippen molar-refractivity contribution < 1.29 is 9.09 Å². The molecule has 1 aromatic rings. The van der Waals surface area contributed by atoms with Gasteiger partial charge < -0.3 is 4.52 Å². The van der Waals surface area contributed by atoms with Gasteiger partial charge in [0.05, 0.1) is 0 Å². The summed E-state index contributed by atoms with van der Waals surface area (Å²) in [5.74, 6) is 0.490. The van der Waals surface area contributed by atoms with E-state index in [1.807, 2.05) is 12.1 Å². The first-order valence-electron chi connectivity index (χ1n) is 4.85. The molecule has 2 rings (SSSR count). The van der Waals surface area contributed by atoms with Crippen molar-refractivity contribution in [2.75, 3.05) is 0 Å². The highest BCUT2D eigenvalue weighted by Gasteiger charge is 2.17. The van der Waals surface area contributed by atoms with E-state index < -0.39 is 6.07 Å². The largest absolute Gasteiger partial charge is 0.428 e. The Labute approximate surface area is 98.6 Å². The standard InChI is InChI=1S/C10H11Cl2O2P/c11-15(12,13)14-10-6-5-8-3-1-2-4-9(8)7-10/h5-7H,1-4H2. The Bertz CT molecular complexity index is 414. The van der Waals surface area contributed by atoms with E-state index in [4.69, 9.17) is 27.0 Å². The maximum absolute atomic E-state index is 11.1. The van der Waals surface area contributed by atoms with Crippen LogP contribution in [0.4, 0.5) is 0 Å². The predicted octanol–water partition coefficient (Wildman–Crippen LogP) is 4.53. The third-order valence-electron chi connectivity index (χ3n) is 2.53. The molecule has 0 N–H and O–H groups in total. The summed E-state index contributed by atoms with van der Waals surface area (Å²) in [6.07, 6.45) is 1.09. The summed E-state index contributed by atoms with van der Waals surface area (Å²) in [7, 11) is 0. The molecule has 0 unspecified atom stereocenters. The van der Waals surface area contributed by atoms with Crippen LogP contribution in [0, 0.1) is 0 Å². The Morgan fingerprint density at radius 3 is 2.47 bits per heavy atom. The second-order valence-electron chi connectivity index (χ2n) is 3.64. The Balaban J connectivity index is 2.24. The van der Waals surface area contributed by atoms with Gasteiger partial charge in [-0.25, -0.2) is 4.57 Å². The topological polar surface area (TPSA) is 26.3 Å². The summed E-state index contributed by atoms with van der Waals surface area (Å²) in [6.45, 7) is 0. The molecule has 82 valence electrons. The lowest BCUT2D eigenvalue weighted by Crippen LogP contribution is -2.02. The zero-order valence-corrected chi connectivity index (χ0v) is 10.5. The predicted molar refractivity (Wildman–Crippen MR) is 63.0 cm³/mol. The van der Waals surface area contributed by atoms with Crippen molar-refractivity contribution in [3.8, 4) is 5.75 Å². The average Bonchev–Trinajstić information content (AvgIpc) is 2.15. The molecule has 1 aliphatic carbocycles. The van der Waals surface area contributed by atoms with Gasteiger partial charge in [-0.15, -0.1) is 0 Å². The van der Waals surface area contributed by atoms with E-state index in [0.29, 0.717) is 5.75 Å². The van der Waals surface area contributed by atoms with Gasteiger partial charge in [0.2, 0.25) is 0 Å². The highest BCUT2D eigenvalue weighted by molar-refractivity contribution is 8.05. The fraction of sp³-hybridized carbons (Fsp3) is 0.400. The Hall–Kier alpha value is -0.170. The zero-order valence-electron chi connectivity index (χ0n) is 8.08. The lowest BCUT2D eigenvalue weighted by Gasteiger charge is -2.16. The second-order valence-corrected chi connectivity index (χ2v) is 7.84. The number of hydrogen-bond acceptors (Lipinski definition) is 2. The van der Waals surface area contributed by atoms with Crippen molar-refractivity contribution in [3.63, 3.8) is 0 Å². The Morgan fingerprint density at radius 1 is 1.13 bits per heavy atom. The molecule has 2 nitrogen and oxygen atoms in total. The van der Waals surface area contributed by atoms with Crippen LogP contribution in [0.3, 0.4) is 0 Å². The van der Waals surface area contributed by atoms with Crippen molar-refractivity contribution in [2.24, 2.45) is 0 Å². The van der Waals surface area contributed by atoms with E-state index in [0.717, 1.165) is 12.8 Å². The molecule has 0 bridgehead atoms. The van der Waals surface area contributed by atoms with Gasteiger partial charge in [0.15, 0.2) is 0 Å². The van der Waals surface area contributed by atoms with E-state index in [1.165, 1.54) is 24.0 Å². The normalized spacial score (nSPS) is 15.9. The molecule has 0 aliphatic heterocycles. The minimum atomic E-state index is -3.48. The van der Waals surface area contributed by atoms with Crippen LogP contribution in [-0.2, 0) is 17.4 Å². The zero-order chi connectivity index (χ0) is 10.9. The van der Waals surface area contributed by atoms with Crippen LogP contribution >= 0.6 is 28.6 Å². The van der Waals surface area contributed by atoms with Crippen LogP contribution in [0.1, 0.15) is 24.0 Å². The van der Waals surface area contributed by atoms with Gasteiger partial charge in [-0.3, -0.25) is 0 Å². The van der Waals surface area contributed by atoms with Gasteiger partial charge in [-0.05, 0) is 48.9 Å². The lowest BCUT2D eigenvalue weighted by molar-refractivity contribution is 0.512. The smallest absolute Gasteiger partial charge is 0.422 e. The SMILES string of the molecule is O=P(Cl)(Cl)Oc1ccc2c(c1)CCCC2. The third kappa shape index (κ3) is 3.14. The van der Waals surface area contributed by atoms with Crippen molar-refractivity contribution in [1.82, 2.24) is 0 Å². The highest BCUT2D eigenvalue weighted by Crippen LogP contribution is 2.57. The highest BCUT2D eigenvalue weighted by atomic mass is 35.9. The number of hydrogen-bond donors (Lipinski definition) is 0. The van der Waals surface area contributed by atoms with Crippen molar-refractivity contribution in [3.05, 3.63) is 29.3 Å². The van der Waals surface area contributed by atoms with Gasteiger partial charge in [0.25, 0.3) is 0 Å². The maximum atomic E-state index is 11.1. The summed E-state index contributed by atoms with van der Waals surface area (Å²) >= 11 is 10.7. The first-order valence-corrected chi connectivity index (χ1v) is 8.29. The fourth-order valence-electron chi connectivity index (χ4n) is 1.89. The van der Waals surface area contributed by atoms with Gasteiger partial charge in [-0.1, -0.05) is 6.07 Å². The monoisotopic (exact) mass is 264 g/mol.